The Bertz CT molecular complexity index is 689. The number of benzene rings is 1. The molecule has 0 unspecified atom stereocenters. The molecule has 1 atom stereocenters. The summed E-state index contributed by atoms with van der Waals surface area (Å²) in [6.07, 6.45) is 2.04. The van der Waals surface area contributed by atoms with Crippen LogP contribution in [0.25, 0.3) is 0 Å². The largest absolute Gasteiger partial charge is 0.445 e. The normalized spacial score (nSPS) is 17.9. The number of ketones is 1. The molecule has 0 bridgehead atoms. The van der Waals surface area contributed by atoms with E-state index in [0.29, 0.717) is 18.0 Å². The summed E-state index contributed by atoms with van der Waals surface area (Å²) < 4.78 is 5.75. The average Bonchev–Trinajstić information content (AvgIpc) is 2.81. The van der Waals surface area contributed by atoms with Crippen LogP contribution in [-0.4, -0.2) is 10.8 Å². The molecular weight excluding hydrogens is 262 g/mol. The lowest BCUT2D eigenvalue weighted by Crippen LogP contribution is -2.19. The van der Waals surface area contributed by atoms with Gasteiger partial charge in [0, 0.05) is 19.3 Å². The molecule has 1 aromatic heterocycles. The number of hydrogen-bond acceptors (Lipinski definition) is 3. The number of oxazole rings is 1. The van der Waals surface area contributed by atoms with Gasteiger partial charge >= 0.3 is 0 Å². The molecule has 21 heavy (non-hydrogen) atoms. The Morgan fingerprint density at radius 3 is 2.48 bits per heavy atom. The van der Waals surface area contributed by atoms with Crippen LogP contribution < -0.4 is 0 Å². The Morgan fingerprint density at radius 2 is 1.86 bits per heavy atom. The molecule has 0 saturated carbocycles. The van der Waals surface area contributed by atoms with Crippen molar-refractivity contribution in [3.8, 4) is 0 Å². The summed E-state index contributed by atoms with van der Waals surface area (Å²) in [4.78, 5) is 16.7. The lowest BCUT2D eigenvalue weighted by molar-refractivity contribution is 0.0956. The standard InChI is InChI=1S/C18H21NO2/c1-5-16-19-18-14(20)8-13(9-15(18)21-16)17-11(3)6-10(2)7-12(17)4/h6-7,13H,5,8-9H2,1-4H3/t13-/m1/s1. The van der Waals surface area contributed by atoms with Gasteiger partial charge in [-0.05, 0) is 43.4 Å². The number of aromatic nitrogens is 1. The minimum absolute atomic E-state index is 0.115. The van der Waals surface area contributed by atoms with Gasteiger partial charge in [0.25, 0.3) is 0 Å². The second kappa shape index (κ2) is 5.14. The lowest BCUT2D eigenvalue weighted by atomic mass is 9.80. The first-order valence-electron chi connectivity index (χ1n) is 7.59. The molecule has 1 aliphatic carbocycles. The van der Waals surface area contributed by atoms with Gasteiger partial charge < -0.3 is 4.42 Å². The second-order valence-corrected chi connectivity index (χ2v) is 6.07. The third kappa shape index (κ3) is 2.41. The van der Waals surface area contributed by atoms with Gasteiger partial charge in [0.05, 0.1) is 0 Å². The number of Topliss-reactive ketones (excluding diaryl/α,β-unsaturated/α-hetero) is 1. The highest BCUT2D eigenvalue weighted by Crippen LogP contribution is 2.36. The Kier molecular flexibility index (Phi) is 3.44. The smallest absolute Gasteiger partial charge is 0.194 e. The third-order valence-electron chi connectivity index (χ3n) is 4.32. The van der Waals surface area contributed by atoms with Crippen molar-refractivity contribution < 1.29 is 9.21 Å². The Balaban J connectivity index is 2.01. The maximum absolute atomic E-state index is 12.4. The monoisotopic (exact) mass is 283 g/mol. The van der Waals surface area contributed by atoms with E-state index in [1.807, 2.05) is 6.92 Å². The predicted molar refractivity (Wildman–Crippen MR) is 81.9 cm³/mol. The van der Waals surface area contributed by atoms with Crippen molar-refractivity contribution >= 4 is 5.78 Å². The fraction of sp³-hybridized carbons (Fsp3) is 0.444. The third-order valence-corrected chi connectivity index (χ3v) is 4.32. The molecule has 0 N–H and O–H groups in total. The van der Waals surface area contributed by atoms with Crippen LogP contribution in [0.1, 0.15) is 63.7 Å². The van der Waals surface area contributed by atoms with Gasteiger partial charge in [-0.2, -0.15) is 0 Å². The van der Waals surface area contributed by atoms with Crippen LogP contribution in [0.4, 0.5) is 0 Å². The first-order chi connectivity index (χ1) is 9.99. The summed E-state index contributed by atoms with van der Waals surface area (Å²) in [5.74, 6) is 1.77. The van der Waals surface area contributed by atoms with E-state index < -0.39 is 0 Å². The Hall–Kier alpha value is -1.90. The van der Waals surface area contributed by atoms with Gasteiger partial charge in [0.2, 0.25) is 0 Å². The van der Waals surface area contributed by atoms with Gasteiger partial charge in [-0.15, -0.1) is 0 Å². The fourth-order valence-electron chi connectivity index (χ4n) is 3.56. The van der Waals surface area contributed by atoms with E-state index in [0.717, 1.165) is 18.6 Å². The molecule has 1 heterocycles. The second-order valence-electron chi connectivity index (χ2n) is 6.07. The average molecular weight is 283 g/mol. The van der Waals surface area contributed by atoms with Crippen LogP contribution in [-0.2, 0) is 12.8 Å². The Labute approximate surface area is 125 Å². The summed E-state index contributed by atoms with van der Waals surface area (Å²) in [6.45, 7) is 8.37. The number of carbonyl (C=O) groups excluding carboxylic acids is 1. The first-order valence-corrected chi connectivity index (χ1v) is 7.59. The summed E-state index contributed by atoms with van der Waals surface area (Å²) in [5, 5.41) is 0. The van der Waals surface area contributed by atoms with Crippen LogP contribution in [0.5, 0.6) is 0 Å². The van der Waals surface area contributed by atoms with Gasteiger partial charge in [-0.3, -0.25) is 4.79 Å². The highest BCUT2D eigenvalue weighted by Gasteiger charge is 2.32. The van der Waals surface area contributed by atoms with E-state index >= 15 is 0 Å². The topological polar surface area (TPSA) is 43.1 Å². The van der Waals surface area contributed by atoms with Gasteiger partial charge in [0.15, 0.2) is 11.7 Å². The van der Waals surface area contributed by atoms with Crippen LogP contribution in [0, 0.1) is 20.8 Å². The van der Waals surface area contributed by atoms with Crippen molar-refractivity contribution in [2.45, 2.75) is 52.9 Å². The number of nitrogens with zero attached hydrogens (tertiary/aromatic N) is 1. The van der Waals surface area contributed by atoms with Crippen molar-refractivity contribution in [1.82, 2.24) is 4.98 Å². The minimum Gasteiger partial charge on any atom is -0.445 e. The fourth-order valence-corrected chi connectivity index (χ4v) is 3.56. The molecule has 0 spiro atoms. The molecule has 0 radical (unpaired) electrons. The number of fused-ring (bicyclic) bond motifs is 1. The van der Waals surface area contributed by atoms with Crippen LogP contribution in [0.2, 0.25) is 0 Å². The van der Waals surface area contributed by atoms with Gasteiger partial charge in [-0.1, -0.05) is 24.6 Å². The maximum atomic E-state index is 12.4. The molecule has 1 aliphatic rings. The molecule has 3 heteroatoms. The molecule has 110 valence electrons. The highest BCUT2D eigenvalue weighted by molar-refractivity contribution is 5.96. The number of rotatable bonds is 2. The summed E-state index contributed by atoms with van der Waals surface area (Å²) in [7, 11) is 0. The zero-order chi connectivity index (χ0) is 15.1. The lowest BCUT2D eigenvalue weighted by Gasteiger charge is -2.24. The van der Waals surface area contributed by atoms with E-state index in [9.17, 15) is 4.79 Å². The summed E-state index contributed by atoms with van der Waals surface area (Å²) in [6, 6.07) is 4.39. The van der Waals surface area contributed by atoms with Gasteiger partial charge in [0.1, 0.15) is 11.5 Å². The van der Waals surface area contributed by atoms with Crippen molar-refractivity contribution in [2.75, 3.05) is 0 Å². The van der Waals surface area contributed by atoms with Crippen molar-refractivity contribution in [3.63, 3.8) is 0 Å². The molecule has 3 nitrogen and oxygen atoms in total. The van der Waals surface area contributed by atoms with E-state index in [2.05, 4.69) is 37.9 Å². The summed E-state index contributed by atoms with van der Waals surface area (Å²) in [5.41, 5.74) is 5.66. The number of aryl methyl sites for hydroxylation is 4. The zero-order valence-corrected chi connectivity index (χ0v) is 13.1. The van der Waals surface area contributed by atoms with E-state index in [4.69, 9.17) is 4.42 Å². The zero-order valence-electron chi connectivity index (χ0n) is 13.1. The van der Waals surface area contributed by atoms with Crippen molar-refractivity contribution in [3.05, 3.63) is 51.7 Å². The number of hydrogen-bond donors (Lipinski definition) is 0. The highest BCUT2D eigenvalue weighted by atomic mass is 16.4. The maximum Gasteiger partial charge on any atom is 0.194 e. The molecule has 0 saturated heterocycles. The molecule has 0 aliphatic heterocycles. The minimum atomic E-state index is 0.115. The molecule has 0 fully saturated rings. The quantitative estimate of drug-likeness (QED) is 0.834. The van der Waals surface area contributed by atoms with E-state index in [-0.39, 0.29) is 11.7 Å². The van der Waals surface area contributed by atoms with E-state index in [1.54, 1.807) is 0 Å². The van der Waals surface area contributed by atoms with Crippen molar-refractivity contribution in [1.29, 1.82) is 0 Å². The molecular formula is C18H21NO2. The van der Waals surface area contributed by atoms with Crippen LogP contribution in [0.15, 0.2) is 16.5 Å². The van der Waals surface area contributed by atoms with Crippen LogP contribution in [0.3, 0.4) is 0 Å². The number of carbonyl (C=O) groups is 1. The van der Waals surface area contributed by atoms with Gasteiger partial charge in [-0.25, -0.2) is 4.98 Å². The SMILES string of the molecule is CCc1nc2c(o1)C[C@H](c1c(C)cc(C)cc1C)CC2=O. The van der Waals surface area contributed by atoms with Crippen LogP contribution >= 0.6 is 0 Å². The first kappa shape index (κ1) is 14.1. The molecule has 0 amide bonds. The Morgan fingerprint density at radius 1 is 1.19 bits per heavy atom. The van der Waals surface area contributed by atoms with Crippen molar-refractivity contribution in [2.24, 2.45) is 0 Å². The summed E-state index contributed by atoms with van der Waals surface area (Å²) >= 11 is 0. The molecule has 1 aromatic carbocycles. The molecule has 3 rings (SSSR count). The molecule has 2 aromatic rings. The van der Waals surface area contributed by atoms with E-state index in [1.165, 1.54) is 22.3 Å². The predicted octanol–water partition coefficient (Wildman–Crippen LogP) is 4.07.